The summed E-state index contributed by atoms with van der Waals surface area (Å²) in [4.78, 5) is 0. The molecular formula is C37H34N2. The zero-order valence-electron chi connectivity index (χ0n) is 22.6. The number of para-hydroxylation sites is 1. The Morgan fingerprint density at radius 1 is 0.641 bits per heavy atom. The fourth-order valence-electron chi connectivity index (χ4n) is 4.88. The lowest BCUT2D eigenvalue weighted by atomic mass is 9.87. The third-order valence-corrected chi connectivity index (χ3v) is 7.17. The lowest BCUT2D eigenvalue weighted by Crippen LogP contribution is -1.98. The van der Waals surface area contributed by atoms with Gasteiger partial charge in [0, 0.05) is 6.21 Å². The summed E-state index contributed by atoms with van der Waals surface area (Å²) in [6.45, 7) is 4.46. The van der Waals surface area contributed by atoms with Crippen molar-refractivity contribution in [1.82, 2.24) is 0 Å². The number of hydrogen-bond acceptors (Lipinski definition) is 2. The van der Waals surface area contributed by atoms with Gasteiger partial charge < -0.3 is 0 Å². The van der Waals surface area contributed by atoms with Crippen LogP contribution >= 0.6 is 0 Å². The van der Waals surface area contributed by atoms with Crippen molar-refractivity contribution in [3.63, 3.8) is 0 Å². The molecule has 0 aliphatic rings. The van der Waals surface area contributed by atoms with Crippen molar-refractivity contribution in [2.75, 3.05) is 5.43 Å². The second kappa shape index (κ2) is 12.7. The van der Waals surface area contributed by atoms with E-state index in [2.05, 4.69) is 152 Å². The Kier molecular flexibility index (Phi) is 8.45. The summed E-state index contributed by atoms with van der Waals surface area (Å²) >= 11 is 0. The van der Waals surface area contributed by atoms with Crippen LogP contribution in [0.4, 0.5) is 5.69 Å². The SMILES string of the molecule is CCC(C)c1ccccc1N/N=C\C=C\c1c(-c2ccccc2)cc(-c2ccccc2)cc1-c1ccccc1. The Hall–Kier alpha value is -4.69. The van der Waals surface area contributed by atoms with Crippen molar-refractivity contribution < 1.29 is 0 Å². The Balaban J connectivity index is 1.56. The van der Waals surface area contributed by atoms with Crippen LogP contribution in [0.15, 0.2) is 139 Å². The predicted molar refractivity (Wildman–Crippen MR) is 169 cm³/mol. The Bertz CT molecular complexity index is 1490. The van der Waals surface area contributed by atoms with Crippen molar-refractivity contribution >= 4 is 18.0 Å². The van der Waals surface area contributed by atoms with Gasteiger partial charge in [0.1, 0.15) is 0 Å². The second-order valence-corrected chi connectivity index (χ2v) is 9.73. The molecule has 0 heterocycles. The van der Waals surface area contributed by atoms with E-state index in [0.717, 1.165) is 12.1 Å². The van der Waals surface area contributed by atoms with Crippen molar-refractivity contribution in [1.29, 1.82) is 0 Å². The van der Waals surface area contributed by atoms with E-state index in [1.807, 2.05) is 18.4 Å². The molecule has 0 aromatic heterocycles. The van der Waals surface area contributed by atoms with Crippen LogP contribution in [-0.2, 0) is 0 Å². The highest BCUT2D eigenvalue weighted by atomic mass is 15.3. The summed E-state index contributed by atoms with van der Waals surface area (Å²) in [5.74, 6) is 0.476. The number of hydrogen-bond donors (Lipinski definition) is 1. The molecular weight excluding hydrogens is 472 g/mol. The van der Waals surface area contributed by atoms with Gasteiger partial charge in [0.25, 0.3) is 0 Å². The molecule has 2 heteroatoms. The maximum Gasteiger partial charge on any atom is 0.0596 e. The largest absolute Gasteiger partial charge is 0.278 e. The number of allylic oxidation sites excluding steroid dienone is 1. The van der Waals surface area contributed by atoms with Gasteiger partial charge in [-0.1, -0.05) is 129 Å². The average molecular weight is 507 g/mol. The maximum atomic E-state index is 4.54. The molecule has 5 aromatic rings. The first-order valence-corrected chi connectivity index (χ1v) is 13.6. The minimum atomic E-state index is 0.476. The molecule has 2 nitrogen and oxygen atoms in total. The normalized spacial score (nSPS) is 12.2. The third kappa shape index (κ3) is 6.25. The zero-order chi connectivity index (χ0) is 26.9. The van der Waals surface area contributed by atoms with Crippen LogP contribution in [0.1, 0.15) is 37.3 Å². The molecule has 5 rings (SSSR count). The topological polar surface area (TPSA) is 24.4 Å². The van der Waals surface area contributed by atoms with Gasteiger partial charge in [-0.3, -0.25) is 5.43 Å². The van der Waals surface area contributed by atoms with Crippen LogP contribution in [0, 0.1) is 0 Å². The molecule has 0 spiro atoms. The smallest absolute Gasteiger partial charge is 0.0596 e. The lowest BCUT2D eigenvalue weighted by molar-refractivity contribution is 0.735. The van der Waals surface area contributed by atoms with E-state index >= 15 is 0 Å². The molecule has 39 heavy (non-hydrogen) atoms. The molecule has 192 valence electrons. The number of hydrazone groups is 1. The van der Waals surface area contributed by atoms with Crippen LogP contribution in [0.3, 0.4) is 0 Å². The Morgan fingerprint density at radius 3 is 1.72 bits per heavy atom. The highest BCUT2D eigenvalue weighted by Crippen LogP contribution is 2.38. The number of nitrogens with one attached hydrogen (secondary N) is 1. The fraction of sp³-hybridized carbons (Fsp3) is 0.108. The minimum absolute atomic E-state index is 0.476. The molecule has 0 aliphatic heterocycles. The van der Waals surface area contributed by atoms with Gasteiger partial charge in [0.15, 0.2) is 0 Å². The number of rotatable bonds is 9. The molecule has 5 aromatic carbocycles. The highest BCUT2D eigenvalue weighted by Gasteiger charge is 2.13. The molecule has 0 radical (unpaired) electrons. The summed E-state index contributed by atoms with van der Waals surface area (Å²) in [6.07, 6.45) is 7.12. The Morgan fingerprint density at radius 2 is 1.15 bits per heavy atom. The molecule has 0 saturated carbocycles. The van der Waals surface area contributed by atoms with Gasteiger partial charge in [0.05, 0.1) is 5.69 Å². The van der Waals surface area contributed by atoms with Crippen LogP contribution in [0.2, 0.25) is 0 Å². The highest BCUT2D eigenvalue weighted by molar-refractivity contribution is 5.93. The van der Waals surface area contributed by atoms with Crippen molar-refractivity contribution in [3.8, 4) is 33.4 Å². The van der Waals surface area contributed by atoms with Crippen LogP contribution < -0.4 is 5.43 Å². The molecule has 0 fully saturated rings. The molecule has 0 amide bonds. The fourth-order valence-corrected chi connectivity index (χ4v) is 4.88. The van der Waals surface area contributed by atoms with Gasteiger partial charge in [-0.05, 0) is 81.1 Å². The van der Waals surface area contributed by atoms with Gasteiger partial charge in [-0.2, -0.15) is 5.10 Å². The molecule has 1 atom stereocenters. The van der Waals surface area contributed by atoms with E-state index < -0.39 is 0 Å². The van der Waals surface area contributed by atoms with Crippen LogP contribution in [0.25, 0.3) is 39.5 Å². The molecule has 1 unspecified atom stereocenters. The molecule has 0 saturated heterocycles. The first kappa shape index (κ1) is 25.9. The molecule has 0 aliphatic carbocycles. The van der Waals surface area contributed by atoms with E-state index in [0.29, 0.717) is 5.92 Å². The van der Waals surface area contributed by atoms with Gasteiger partial charge in [-0.15, -0.1) is 0 Å². The Labute approximate surface area is 232 Å². The number of anilines is 1. The van der Waals surface area contributed by atoms with Gasteiger partial charge in [-0.25, -0.2) is 0 Å². The summed E-state index contributed by atoms with van der Waals surface area (Å²) in [5, 5.41) is 4.54. The quantitative estimate of drug-likeness (QED) is 0.156. The van der Waals surface area contributed by atoms with E-state index in [1.54, 1.807) is 0 Å². The lowest BCUT2D eigenvalue weighted by Gasteiger charge is -2.16. The van der Waals surface area contributed by atoms with E-state index in [-0.39, 0.29) is 0 Å². The van der Waals surface area contributed by atoms with E-state index in [4.69, 9.17) is 0 Å². The summed E-state index contributed by atoms with van der Waals surface area (Å²) < 4.78 is 0. The average Bonchev–Trinajstić information content (AvgIpc) is 3.02. The monoisotopic (exact) mass is 506 g/mol. The summed E-state index contributed by atoms with van der Waals surface area (Å²) in [6, 6.07) is 44.8. The predicted octanol–water partition coefficient (Wildman–Crippen LogP) is 10.3. The minimum Gasteiger partial charge on any atom is -0.278 e. The van der Waals surface area contributed by atoms with Crippen molar-refractivity contribution in [3.05, 3.63) is 145 Å². The maximum absolute atomic E-state index is 4.54. The number of benzene rings is 5. The van der Waals surface area contributed by atoms with Gasteiger partial charge >= 0.3 is 0 Å². The standard InChI is InChI=1S/C37H34N2/c1-3-28(2)33-22-13-14-24-37(33)39-38-25-15-23-34-35(30-18-9-5-10-19-30)26-32(29-16-7-4-8-17-29)27-36(34)31-20-11-6-12-21-31/h4-28,39H,3H2,1-2H3/b23-15+,38-25-. The summed E-state index contributed by atoms with van der Waals surface area (Å²) in [7, 11) is 0. The van der Waals surface area contributed by atoms with Gasteiger partial charge in [0.2, 0.25) is 0 Å². The zero-order valence-corrected chi connectivity index (χ0v) is 22.6. The molecule has 0 bridgehead atoms. The van der Waals surface area contributed by atoms with Crippen LogP contribution in [0.5, 0.6) is 0 Å². The number of nitrogens with zero attached hydrogens (tertiary/aromatic N) is 1. The molecule has 1 N–H and O–H groups in total. The van der Waals surface area contributed by atoms with E-state index in [1.165, 1.54) is 44.5 Å². The van der Waals surface area contributed by atoms with Crippen LogP contribution in [-0.4, -0.2) is 6.21 Å². The first-order chi connectivity index (χ1) is 19.2. The van der Waals surface area contributed by atoms with Crippen molar-refractivity contribution in [2.24, 2.45) is 5.10 Å². The third-order valence-electron chi connectivity index (χ3n) is 7.17. The first-order valence-electron chi connectivity index (χ1n) is 13.6. The second-order valence-electron chi connectivity index (χ2n) is 9.73. The van der Waals surface area contributed by atoms with Crippen molar-refractivity contribution in [2.45, 2.75) is 26.2 Å². The van der Waals surface area contributed by atoms with E-state index in [9.17, 15) is 0 Å². The summed E-state index contributed by atoms with van der Waals surface area (Å²) in [5.41, 5.74) is 13.9.